The molecule has 0 unspecified atom stereocenters. The number of aromatic carboxylic acids is 1. The van der Waals surface area contributed by atoms with E-state index >= 15 is 8.78 Å². The molecule has 6 rings (SSSR count). The zero-order valence-corrected chi connectivity index (χ0v) is 20.8. The number of rotatable bonds is 3. The number of allylic oxidation sites excluding steroid dienone is 5. The molecule has 2 fully saturated rings. The van der Waals surface area contributed by atoms with E-state index < -0.39 is 83.8 Å². The van der Waals surface area contributed by atoms with E-state index in [1.807, 2.05) is 0 Å². The third-order valence-electron chi connectivity index (χ3n) is 7.31. The van der Waals surface area contributed by atoms with Crippen molar-refractivity contribution >= 4 is 22.9 Å². The summed E-state index contributed by atoms with van der Waals surface area (Å²) in [5.41, 5.74) is -4.06. The minimum atomic E-state index is -2.94. The Bertz CT molecular complexity index is 2010. The van der Waals surface area contributed by atoms with Gasteiger partial charge in [0.15, 0.2) is 17.3 Å². The molecule has 2 aromatic rings. The van der Waals surface area contributed by atoms with Gasteiger partial charge in [0.25, 0.3) is 0 Å². The number of hydrogen-bond acceptors (Lipinski definition) is 2. The number of fused-ring (bicyclic) bond motifs is 2. The molecule has 0 spiro atoms. The van der Waals surface area contributed by atoms with Crippen LogP contribution in [0.1, 0.15) is 74.8 Å². The fourth-order valence-corrected chi connectivity index (χ4v) is 5.29. The summed E-state index contributed by atoms with van der Waals surface area (Å²) in [6.07, 6.45) is 0.902. The number of anilines is 1. The lowest BCUT2D eigenvalue weighted by atomic mass is 9.63. The highest BCUT2D eigenvalue weighted by Gasteiger charge is 2.42. The molecule has 1 N–H and O–H groups in total. The van der Waals surface area contributed by atoms with Crippen LogP contribution in [-0.4, -0.2) is 47.4 Å². The van der Waals surface area contributed by atoms with E-state index in [0.29, 0.717) is 4.58 Å². The van der Waals surface area contributed by atoms with Crippen molar-refractivity contribution in [2.45, 2.75) is 39.5 Å². The maximum atomic E-state index is 16.2. The van der Waals surface area contributed by atoms with Crippen LogP contribution in [0.4, 0.5) is 18.9 Å². The highest BCUT2D eigenvalue weighted by Crippen LogP contribution is 2.52. The summed E-state index contributed by atoms with van der Waals surface area (Å²) in [5, 5.41) is 10.0. The minimum Gasteiger partial charge on any atom is -0.478 e. The van der Waals surface area contributed by atoms with Crippen LogP contribution in [0, 0.1) is 30.3 Å². The Morgan fingerprint density at radius 3 is 2.55 bits per heavy atom. The number of benzene rings is 2. The van der Waals surface area contributed by atoms with Gasteiger partial charge in [-0.3, -0.25) is 0 Å². The van der Waals surface area contributed by atoms with Crippen molar-refractivity contribution in [1.82, 2.24) is 0 Å². The number of carboxylic acid groups (broad SMARTS) is 1. The van der Waals surface area contributed by atoms with Crippen molar-refractivity contribution in [1.29, 1.82) is 0 Å². The van der Waals surface area contributed by atoms with E-state index in [2.05, 4.69) is 0 Å². The number of carboxylic acids is 1. The quantitative estimate of drug-likeness (QED) is 0.390. The Kier molecular flexibility index (Phi) is 3.36. The molecule has 0 amide bonds. The molecule has 0 radical (unpaired) electrons. The molecule has 2 saturated heterocycles. The molecular formula is C31H30F3N2O2+. The third kappa shape index (κ3) is 3.44. The van der Waals surface area contributed by atoms with Crippen LogP contribution in [0.5, 0.6) is 0 Å². The molecule has 38 heavy (non-hydrogen) atoms. The van der Waals surface area contributed by atoms with Crippen molar-refractivity contribution in [3.8, 4) is 0 Å². The summed E-state index contributed by atoms with van der Waals surface area (Å²) in [7, 11) is 0. The maximum Gasteiger partial charge on any atom is 0.339 e. The summed E-state index contributed by atoms with van der Waals surface area (Å²) >= 11 is 0. The first-order valence-electron chi connectivity index (χ1n) is 17.3. The monoisotopic (exact) mass is 530 g/mol. The van der Waals surface area contributed by atoms with Gasteiger partial charge in [0.2, 0.25) is 0 Å². The summed E-state index contributed by atoms with van der Waals surface area (Å²) in [5.74, 6) is -9.11. The van der Waals surface area contributed by atoms with E-state index in [4.69, 9.17) is 15.1 Å². The average molecular weight is 531 g/mol. The van der Waals surface area contributed by atoms with E-state index in [9.17, 15) is 14.3 Å². The SMILES string of the molecule is [2H]C1([2H])N(c2ccc3c(c2)C(C)(C)C2=CC(=[N+]4C([2H])([2H])C([2H])([2H])C4([2H])[2H])C=CC2=C3c2c(F)c(C)c(F)c(F)c2C(=O)O)C([2H])([2H])C1([2H])C. The first-order valence-corrected chi connectivity index (χ1v) is 11.8. The summed E-state index contributed by atoms with van der Waals surface area (Å²) < 4.78 is 139. The number of nitrogens with zero attached hydrogens (tertiary/aromatic N) is 2. The smallest absolute Gasteiger partial charge is 0.339 e. The number of halogens is 3. The fourth-order valence-electron chi connectivity index (χ4n) is 5.29. The molecule has 2 heterocycles. The van der Waals surface area contributed by atoms with Gasteiger partial charge in [-0.2, -0.15) is 0 Å². The lowest BCUT2D eigenvalue weighted by Gasteiger charge is -2.42. The second-order valence-electron chi connectivity index (χ2n) is 9.95. The van der Waals surface area contributed by atoms with Gasteiger partial charge in [-0.1, -0.05) is 26.8 Å². The fraction of sp³-hybridized carbons (Fsp3) is 0.355. The normalized spacial score (nSPS) is 31.8. The van der Waals surface area contributed by atoms with Crippen molar-refractivity contribution in [3.05, 3.63) is 92.8 Å². The molecule has 0 atom stereocenters. The first kappa shape index (κ1) is 15.1. The Morgan fingerprint density at radius 2 is 1.87 bits per heavy atom. The van der Waals surface area contributed by atoms with E-state index in [0.717, 1.165) is 18.7 Å². The topological polar surface area (TPSA) is 43.5 Å². The molecule has 2 aliphatic carbocycles. The second kappa shape index (κ2) is 8.45. The molecule has 4 aliphatic rings. The second-order valence-corrected chi connectivity index (χ2v) is 9.95. The molecule has 4 nitrogen and oxygen atoms in total. The predicted molar refractivity (Wildman–Crippen MR) is 142 cm³/mol. The number of carbonyl (C=O) groups is 1. The van der Waals surface area contributed by atoms with Crippen LogP contribution in [0.25, 0.3) is 5.57 Å². The molecule has 2 aromatic carbocycles. The first-order chi connectivity index (χ1) is 22.1. The van der Waals surface area contributed by atoms with Gasteiger partial charge in [0.05, 0.1) is 6.37 Å². The van der Waals surface area contributed by atoms with E-state index in [-0.39, 0.29) is 39.2 Å². The number of hydrogen-bond donors (Lipinski definition) is 1. The zero-order valence-electron chi connectivity index (χ0n) is 31.8. The van der Waals surface area contributed by atoms with Crippen LogP contribution >= 0.6 is 0 Å². The van der Waals surface area contributed by atoms with Crippen molar-refractivity contribution < 1.29 is 42.7 Å². The highest BCUT2D eigenvalue weighted by atomic mass is 19.2. The van der Waals surface area contributed by atoms with Crippen molar-refractivity contribution in [2.75, 3.05) is 30.9 Å². The summed E-state index contributed by atoms with van der Waals surface area (Å²) in [4.78, 5) is 13.2. The van der Waals surface area contributed by atoms with Gasteiger partial charge < -0.3 is 10.0 Å². The summed E-state index contributed by atoms with van der Waals surface area (Å²) in [6, 6.07) is 3.99. The summed E-state index contributed by atoms with van der Waals surface area (Å²) in [6.45, 7) is -5.38. The highest BCUT2D eigenvalue weighted by molar-refractivity contribution is 6.08. The standard InChI is InChI=1S/C31H29F3N2O2/c1-16-14-36(15-16)19-7-9-21-23(13-19)31(3,4)22-12-18(35-10-5-11-35)6-8-20(22)24(21)25-26(30(37)38)29(34)28(33)17(2)27(25)32/h6-9,12-13,16H,5,10-11,14-15H2,1-4H3/p+1/i5D2,10D2,11D2,14D2,15D2,16D. The van der Waals surface area contributed by atoms with Crippen LogP contribution < -0.4 is 4.90 Å². The molecule has 0 aromatic heterocycles. The Labute approximate surface area is 235 Å². The van der Waals surface area contributed by atoms with Crippen LogP contribution in [0.2, 0.25) is 0 Å². The minimum absolute atomic E-state index is 0.0468. The van der Waals surface area contributed by atoms with Gasteiger partial charge in [0.1, 0.15) is 29.9 Å². The van der Waals surface area contributed by atoms with Gasteiger partial charge >= 0.3 is 5.97 Å². The molecule has 7 heteroatoms. The van der Waals surface area contributed by atoms with Crippen LogP contribution in [-0.2, 0) is 5.41 Å². The zero-order chi connectivity index (χ0) is 37.0. The average Bonchev–Trinajstić information content (AvgIpc) is 2.98. The van der Waals surface area contributed by atoms with Gasteiger partial charge in [-0.15, -0.1) is 0 Å². The molecule has 0 saturated carbocycles. The predicted octanol–water partition coefficient (Wildman–Crippen LogP) is 6.01. The molecule has 196 valence electrons. The largest absolute Gasteiger partial charge is 0.478 e. The lowest BCUT2D eigenvalue weighted by Crippen LogP contribution is -2.45. The van der Waals surface area contributed by atoms with Crippen LogP contribution in [0.15, 0.2) is 47.6 Å². The van der Waals surface area contributed by atoms with E-state index in [1.165, 1.54) is 36.4 Å². The Balaban J connectivity index is 1.72. The van der Waals surface area contributed by atoms with Gasteiger partial charge in [-0.05, 0) is 53.3 Å². The molecule has 0 bridgehead atoms. The molecular weight excluding hydrogens is 489 g/mol. The Hall–Kier alpha value is -3.61. The van der Waals surface area contributed by atoms with Gasteiger partial charge in [-0.25, -0.2) is 22.5 Å². The maximum absolute atomic E-state index is 16.2. The van der Waals surface area contributed by atoms with Crippen molar-refractivity contribution in [3.63, 3.8) is 0 Å². The third-order valence-corrected chi connectivity index (χ3v) is 7.31. The van der Waals surface area contributed by atoms with Gasteiger partial charge in [0, 0.05) is 62.5 Å². The Morgan fingerprint density at radius 1 is 1.16 bits per heavy atom. The van der Waals surface area contributed by atoms with Crippen molar-refractivity contribution in [2.24, 2.45) is 5.89 Å². The molecule has 2 aliphatic heterocycles. The van der Waals surface area contributed by atoms with E-state index in [1.54, 1.807) is 13.8 Å². The van der Waals surface area contributed by atoms with Crippen LogP contribution in [0.3, 0.4) is 0 Å². The lowest BCUT2D eigenvalue weighted by molar-refractivity contribution is -0.582.